The van der Waals surface area contributed by atoms with Crippen LogP contribution in [-0.4, -0.2) is 35.8 Å². The Morgan fingerprint density at radius 2 is 1.95 bits per heavy atom. The van der Waals surface area contributed by atoms with Crippen molar-refractivity contribution in [2.75, 3.05) is 13.1 Å². The monoisotopic (exact) mass is 292 g/mol. The van der Waals surface area contributed by atoms with Gasteiger partial charge >= 0.3 is 0 Å². The van der Waals surface area contributed by atoms with Crippen LogP contribution >= 0.6 is 0 Å². The maximum atomic E-state index is 13.5. The van der Waals surface area contributed by atoms with Crippen LogP contribution in [0.15, 0.2) is 24.3 Å². The molecule has 0 aromatic heterocycles. The van der Waals surface area contributed by atoms with Crippen molar-refractivity contribution < 1.29 is 14.0 Å². The van der Waals surface area contributed by atoms with Gasteiger partial charge in [0, 0.05) is 25.6 Å². The number of hydrogen-bond acceptors (Lipinski definition) is 2. The largest absolute Gasteiger partial charge is 0.349 e. The second kappa shape index (κ2) is 7.20. The van der Waals surface area contributed by atoms with Crippen molar-refractivity contribution in [3.8, 4) is 0 Å². The van der Waals surface area contributed by atoms with E-state index in [-0.39, 0.29) is 23.4 Å². The normalized spacial score (nSPS) is 15.8. The summed E-state index contributed by atoms with van der Waals surface area (Å²) in [5.41, 5.74) is 0.0713. The molecule has 2 rings (SSSR count). The summed E-state index contributed by atoms with van der Waals surface area (Å²) in [6, 6.07) is 5.96. The minimum atomic E-state index is -0.509. The van der Waals surface area contributed by atoms with E-state index in [1.165, 1.54) is 12.1 Å². The lowest BCUT2D eigenvalue weighted by molar-refractivity contribution is -0.132. The number of halogens is 1. The molecule has 4 nitrogen and oxygen atoms in total. The highest BCUT2D eigenvalue weighted by Gasteiger charge is 2.24. The van der Waals surface area contributed by atoms with Crippen LogP contribution in [-0.2, 0) is 4.79 Å². The van der Waals surface area contributed by atoms with Crippen molar-refractivity contribution in [1.82, 2.24) is 10.2 Å². The van der Waals surface area contributed by atoms with Gasteiger partial charge in [-0.05, 0) is 31.4 Å². The lowest BCUT2D eigenvalue weighted by atomic mass is 10.0. The van der Waals surface area contributed by atoms with Gasteiger partial charge in [0.2, 0.25) is 5.91 Å². The zero-order chi connectivity index (χ0) is 15.2. The number of likely N-dealkylation sites (tertiary alicyclic amines) is 1. The van der Waals surface area contributed by atoms with Crippen LogP contribution in [0.2, 0.25) is 0 Å². The quantitative estimate of drug-likeness (QED) is 0.926. The average Bonchev–Trinajstić information content (AvgIpc) is 2.48. The first-order valence-corrected chi connectivity index (χ1v) is 7.45. The molecule has 1 aliphatic rings. The minimum Gasteiger partial charge on any atom is -0.349 e. The lowest BCUT2D eigenvalue weighted by Crippen LogP contribution is -2.46. The second-order valence-corrected chi connectivity index (χ2v) is 5.36. The molecule has 2 amide bonds. The SMILES string of the molecule is CCCC(=O)N1CCC(NC(=O)c2ccccc2F)CC1. The van der Waals surface area contributed by atoms with E-state index in [2.05, 4.69) is 5.32 Å². The molecule has 21 heavy (non-hydrogen) atoms. The maximum Gasteiger partial charge on any atom is 0.254 e. The van der Waals surface area contributed by atoms with E-state index >= 15 is 0 Å². The van der Waals surface area contributed by atoms with Crippen molar-refractivity contribution in [1.29, 1.82) is 0 Å². The Labute approximate surface area is 124 Å². The van der Waals surface area contributed by atoms with Crippen molar-refractivity contribution >= 4 is 11.8 Å². The molecule has 1 saturated heterocycles. The molecular formula is C16H21FN2O2. The van der Waals surface area contributed by atoms with Crippen molar-refractivity contribution in [2.24, 2.45) is 0 Å². The van der Waals surface area contributed by atoms with Crippen LogP contribution in [0.5, 0.6) is 0 Å². The molecule has 1 aromatic carbocycles. The summed E-state index contributed by atoms with van der Waals surface area (Å²) in [6.07, 6.45) is 2.86. The highest BCUT2D eigenvalue weighted by Crippen LogP contribution is 2.14. The summed E-state index contributed by atoms with van der Waals surface area (Å²) in [5.74, 6) is -0.714. The second-order valence-electron chi connectivity index (χ2n) is 5.36. The van der Waals surface area contributed by atoms with Gasteiger partial charge in [-0.25, -0.2) is 4.39 Å². The number of benzene rings is 1. The third kappa shape index (κ3) is 4.03. The molecule has 0 spiro atoms. The zero-order valence-corrected chi connectivity index (χ0v) is 12.3. The van der Waals surface area contributed by atoms with Crippen LogP contribution < -0.4 is 5.32 Å². The molecule has 1 aliphatic heterocycles. The van der Waals surface area contributed by atoms with Gasteiger partial charge in [0.1, 0.15) is 5.82 Å². The fourth-order valence-corrected chi connectivity index (χ4v) is 2.55. The molecular weight excluding hydrogens is 271 g/mol. The molecule has 114 valence electrons. The van der Waals surface area contributed by atoms with E-state index in [4.69, 9.17) is 0 Å². The average molecular weight is 292 g/mol. The molecule has 0 radical (unpaired) electrons. The maximum absolute atomic E-state index is 13.5. The Bertz CT molecular complexity index is 511. The Morgan fingerprint density at radius 1 is 1.29 bits per heavy atom. The number of nitrogens with one attached hydrogen (secondary N) is 1. The van der Waals surface area contributed by atoms with Crippen molar-refractivity contribution in [3.05, 3.63) is 35.6 Å². The van der Waals surface area contributed by atoms with Crippen molar-refractivity contribution in [2.45, 2.75) is 38.6 Å². The van der Waals surface area contributed by atoms with E-state index in [1.54, 1.807) is 12.1 Å². The van der Waals surface area contributed by atoms with Gasteiger partial charge in [0.25, 0.3) is 5.91 Å². The van der Waals surface area contributed by atoms with E-state index in [9.17, 15) is 14.0 Å². The summed E-state index contributed by atoms with van der Waals surface area (Å²) >= 11 is 0. The molecule has 0 unspecified atom stereocenters. The molecule has 0 bridgehead atoms. The van der Waals surface area contributed by atoms with E-state index in [0.29, 0.717) is 19.5 Å². The topological polar surface area (TPSA) is 49.4 Å². The summed E-state index contributed by atoms with van der Waals surface area (Å²) in [5, 5.41) is 2.85. The van der Waals surface area contributed by atoms with Crippen LogP contribution in [0.4, 0.5) is 4.39 Å². The predicted octanol–water partition coefficient (Wildman–Crippen LogP) is 2.35. The number of amides is 2. The van der Waals surface area contributed by atoms with Gasteiger partial charge in [-0.2, -0.15) is 0 Å². The summed E-state index contributed by atoms with van der Waals surface area (Å²) in [7, 11) is 0. The molecule has 0 saturated carbocycles. The van der Waals surface area contributed by atoms with Crippen LogP contribution in [0, 0.1) is 5.82 Å². The van der Waals surface area contributed by atoms with Gasteiger partial charge in [0.15, 0.2) is 0 Å². The third-order valence-electron chi connectivity index (χ3n) is 3.77. The zero-order valence-electron chi connectivity index (χ0n) is 12.3. The minimum absolute atomic E-state index is 0.00258. The third-order valence-corrected chi connectivity index (χ3v) is 3.77. The predicted molar refractivity (Wildman–Crippen MR) is 78.4 cm³/mol. The molecule has 1 aromatic rings. The van der Waals surface area contributed by atoms with Gasteiger partial charge in [-0.3, -0.25) is 9.59 Å². The molecule has 0 atom stereocenters. The Morgan fingerprint density at radius 3 is 2.57 bits per heavy atom. The Balaban J connectivity index is 1.85. The first kappa shape index (κ1) is 15.5. The van der Waals surface area contributed by atoms with Gasteiger partial charge < -0.3 is 10.2 Å². The molecule has 1 heterocycles. The first-order chi connectivity index (χ1) is 10.1. The fraction of sp³-hybridized carbons (Fsp3) is 0.500. The summed E-state index contributed by atoms with van der Waals surface area (Å²) in [4.78, 5) is 25.6. The molecule has 0 aliphatic carbocycles. The molecule has 1 N–H and O–H groups in total. The van der Waals surface area contributed by atoms with Crippen LogP contribution in [0.1, 0.15) is 43.0 Å². The number of hydrogen-bond donors (Lipinski definition) is 1. The van der Waals surface area contributed by atoms with Crippen LogP contribution in [0.25, 0.3) is 0 Å². The van der Waals surface area contributed by atoms with E-state index in [0.717, 1.165) is 19.3 Å². The number of carbonyl (C=O) groups excluding carboxylic acids is 2. The van der Waals surface area contributed by atoms with E-state index in [1.807, 2.05) is 11.8 Å². The van der Waals surface area contributed by atoms with Crippen molar-refractivity contribution in [3.63, 3.8) is 0 Å². The highest BCUT2D eigenvalue weighted by atomic mass is 19.1. The number of rotatable bonds is 4. The summed E-state index contributed by atoms with van der Waals surface area (Å²) in [6.45, 7) is 3.29. The number of nitrogens with zero attached hydrogens (tertiary/aromatic N) is 1. The molecule has 5 heteroatoms. The Kier molecular flexibility index (Phi) is 5.31. The smallest absolute Gasteiger partial charge is 0.254 e. The van der Waals surface area contributed by atoms with Gasteiger partial charge in [-0.15, -0.1) is 0 Å². The molecule has 1 fully saturated rings. The lowest BCUT2D eigenvalue weighted by Gasteiger charge is -2.32. The van der Waals surface area contributed by atoms with Gasteiger partial charge in [-0.1, -0.05) is 19.1 Å². The highest BCUT2D eigenvalue weighted by molar-refractivity contribution is 5.94. The summed E-state index contributed by atoms with van der Waals surface area (Å²) < 4.78 is 13.5. The fourth-order valence-electron chi connectivity index (χ4n) is 2.55. The standard InChI is InChI=1S/C16H21FN2O2/c1-2-5-15(20)19-10-8-12(9-11-19)18-16(21)13-6-3-4-7-14(13)17/h3-4,6-7,12H,2,5,8-11H2,1H3,(H,18,21). The van der Waals surface area contributed by atoms with E-state index < -0.39 is 5.82 Å². The Hall–Kier alpha value is -1.91. The number of carbonyl (C=O) groups is 2. The first-order valence-electron chi connectivity index (χ1n) is 7.45. The number of piperidine rings is 1. The van der Waals surface area contributed by atoms with Crippen LogP contribution in [0.3, 0.4) is 0 Å². The van der Waals surface area contributed by atoms with Gasteiger partial charge in [0.05, 0.1) is 5.56 Å².